The van der Waals surface area contributed by atoms with E-state index in [1.165, 1.54) is 69.4 Å². The molecule has 4 rings (SSSR count). The number of allylic oxidation sites excluding steroid dienone is 4. The van der Waals surface area contributed by atoms with Crippen molar-refractivity contribution in [1.29, 1.82) is 0 Å². The Balaban J connectivity index is 1.09. The number of thioether (sulfide) groups is 10. The Labute approximate surface area is 223 Å². The molecule has 4 aliphatic rings. The van der Waals surface area contributed by atoms with Gasteiger partial charge in [0.05, 0.1) is 25.4 Å². The van der Waals surface area contributed by atoms with Gasteiger partial charge in [-0.3, -0.25) is 0 Å². The van der Waals surface area contributed by atoms with Crippen LogP contribution in [0.15, 0.2) is 55.9 Å². The first-order chi connectivity index (χ1) is 14.5. The van der Waals surface area contributed by atoms with Gasteiger partial charge in [-0.1, -0.05) is 94.1 Å². The van der Waals surface area contributed by atoms with E-state index in [1.54, 1.807) is 0 Å². The van der Waals surface area contributed by atoms with Crippen LogP contribution in [0.5, 0.6) is 0 Å². The van der Waals surface area contributed by atoms with Crippen LogP contribution in [-0.2, 0) is 0 Å². The van der Waals surface area contributed by atoms with Crippen molar-refractivity contribution in [1.82, 2.24) is 0 Å². The lowest BCUT2D eigenvalue weighted by molar-refractivity contribution is 0.910. The molecule has 0 fully saturated rings. The topological polar surface area (TPSA) is 0 Å². The summed E-state index contributed by atoms with van der Waals surface area (Å²) in [4.78, 5) is 5.84. The number of unbranched alkanes of at least 4 members (excludes halogenated alkanes) is 1. The van der Waals surface area contributed by atoms with Crippen LogP contribution in [0.25, 0.3) is 0 Å². The molecule has 0 unspecified atom stereocenters. The van der Waals surface area contributed by atoms with E-state index in [9.17, 15) is 0 Å². The van der Waals surface area contributed by atoms with Crippen molar-refractivity contribution >= 4 is 118 Å². The van der Waals surface area contributed by atoms with Crippen LogP contribution in [0.4, 0.5) is 0 Å². The van der Waals surface area contributed by atoms with E-state index in [2.05, 4.69) is 38.5 Å². The van der Waals surface area contributed by atoms with Gasteiger partial charge in [-0.2, -0.15) is 0 Å². The van der Waals surface area contributed by atoms with Crippen molar-refractivity contribution in [2.75, 3.05) is 11.5 Å². The molecule has 4 aliphatic heterocycles. The predicted octanol–water partition coefficient (Wildman–Crippen LogP) is 11.5. The SMILES string of the molecule is CC1=C(C)SC(=C2SC=C(SCCCCSC3=CSC(=C4SC(C)=C(C)S4)S3)S2)S1. The van der Waals surface area contributed by atoms with Crippen molar-refractivity contribution in [3.05, 3.63) is 55.9 Å². The lowest BCUT2D eigenvalue weighted by Gasteiger charge is -2.05. The first-order valence-corrected chi connectivity index (χ1v) is 18.0. The molecule has 0 spiro atoms. The Morgan fingerprint density at radius 3 is 1.27 bits per heavy atom. The van der Waals surface area contributed by atoms with Crippen molar-refractivity contribution in [3.8, 4) is 0 Å². The van der Waals surface area contributed by atoms with Gasteiger partial charge in [0.2, 0.25) is 0 Å². The number of hydrogen-bond acceptors (Lipinski definition) is 10. The van der Waals surface area contributed by atoms with Crippen molar-refractivity contribution in [2.24, 2.45) is 0 Å². The molecule has 162 valence electrons. The molecule has 0 nitrogen and oxygen atoms in total. The van der Waals surface area contributed by atoms with E-state index < -0.39 is 0 Å². The van der Waals surface area contributed by atoms with Gasteiger partial charge in [0.1, 0.15) is 0 Å². The van der Waals surface area contributed by atoms with Gasteiger partial charge in [-0.05, 0) is 82.5 Å². The normalized spacial score (nSPS) is 22.3. The molecule has 0 aromatic heterocycles. The molecule has 10 heteroatoms. The summed E-state index contributed by atoms with van der Waals surface area (Å²) in [7, 11) is 0. The first-order valence-electron chi connectivity index (χ1n) is 9.39. The minimum absolute atomic E-state index is 1.23. The third-order valence-corrected chi connectivity index (χ3v) is 18.2. The highest BCUT2D eigenvalue weighted by Crippen LogP contribution is 2.60. The van der Waals surface area contributed by atoms with E-state index in [0.29, 0.717) is 0 Å². The maximum atomic E-state index is 2.35. The third kappa shape index (κ3) is 6.75. The summed E-state index contributed by atoms with van der Waals surface area (Å²) in [5.41, 5.74) is 0. The molecule has 30 heavy (non-hydrogen) atoms. The van der Waals surface area contributed by atoms with Crippen molar-refractivity contribution in [3.63, 3.8) is 0 Å². The summed E-state index contributed by atoms with van der Waals surface area (Å²) < 4.78 is 8.87. The highest BCUT2D eigenvalue weighted by atomic mass is 32.2. The maximum absolute atomic E-state index is 2.35. The molecule has 0 atom stereocenters. The molecule has 4 heterocycles. The number of hydrogen-bond donors (Lipinski definition) is 0. The van der Waals surface area contributed by atoms with E-state index in [4.69, 9.17) is 0 Å². The Hall–Kier alpha value is 1.94. The molecule has 0 bridgehead atoms. The standard InChI is InChI=1S/C20H22S10/c1-11-12(2)26-19(25-11)17-23-9-15(29-17)21-7-5-6-8-22-16-10-24-18(30-16)20-27-13(3)14(4)28-20/h9-10H,5-8H2,1-4H3. The smallest absolute Gasteiger partial charge is 0.0705 e. The van der Waals surface area contributed by atoms with Gasteiger partial charge in [0, 0.05) is 0 Å². The van der Waals surface area contributed by atoms with Gasteiger partial charge in [-0.25, -0.2) is 0 Å². The Bertz CT molecular complexity index is 797. The predicted molar refractivity (Wildman–Crippen MR) is 162 cm³/mol. The summed E-state index contributed by atoms with van der Waals surface area (Å²) in [5, 5.41) is 4.69. The molecule has 0 amide bonds. The van der Waals surface area contributed by atoms with Crippen molar-refractivity contribution < 1.29 is 0 Å². The monoisotopic (exact) mass is 582 g/mol. The van der Waals surface area contributed by atoms with Gasteiger partial charge < -0.3 is 0 Å². The van der Waals surface area contributed by atoms with Gasteiger partial charge >= 0.3 is 0 Å². The minimum atomic E-state index is 1.23. The summed E-state index contributed by atoms with van der Waals surface area (Å²) in [5.74, 6) is 2.46. The quantitative estimate of drug-likeness (QED) is 0.264. The van der Waals surface area contributed by atoms with Crippen LogP contribution in [0.2, 0.25) is 0 Å². The first kappa shape index (κ1) is 25.0. The fraction of sp³-hybridized carbons (Fsp3) is 0.400. The Morgan fingerprint density at radius 2 is 0.900 bits per heavy atom. The zero-order chi connectivity index (χ0) is 21.1. The van der Waals surface area contributed by atoms with Crippen LogP contribution < -0.4 is 0 Å². The summed E-state index contributed by atoms with van der Waals surface area (Å²) >= 11 is 19.6. The molecule has 0 aromatic rings. The summed E-state index contributed by atoms with van der Waals surface area (Å²) in [6, 6.07) is 0. The van der Waals surface area contributed by atoms with Crippen LogP contribution >= 0.6 is 118 Å². The molecular weight excluding hydrogens is 561 g/mol. The second-order valence-corrected chi connectivity index (χ2v) is 19.1. The van der Waals surface area contributed by atoms with Crippen LogP contribution in [-0.4, -0.2) is 11.5 Å². The molecule has 0 saturated heterocycles. The lowest BCUT2D eigenvalue weighted by Crippen LogP contribution is -1.83. The van der Waals surface area contributed by atoms with Crippen LogP contribution in [0.3, 0.4) is 0 Å². The molecule has 0 N–H and O–H groups in total. The maximum Gasteiger partial charge on any atom is 0.0705 e. The van der Waals surface area contributed by atoms with Crippen LogP contribution in [0, 0.1) is 0 Å². The molecule has 0 radical (unpaired) electrons. The average Bonchev–Trinajstić information content (AvgIpc) is 3.49. The second-order valence-electron chi connectivity index (χ2n) is 6.50. The van der Waals surface area contributed by atoms with Gasteiger partial charge in [-0.15, -0.1) is 23.5 Å². The highest BCUT2D eigenvalue weighted by Gasteiger charge is 2.24. The van der Waals surface area contributed by atoms with E-state index >= 15 is 0 Å². The van der Waals surface area contributed by atoms with E-state index in [0.717, 1.165) is 0 Å². The highest BCUT2D eigenvalue weighted by molar-refractivity contribution is 8.38. The minimum Gasteiger partial charge on any atom is -0.118 e. The second kappa shape index (κ2) is 12.1. The number of rotatable bonds is 7. The Kier molecular flexibility index (Phi) is 10.1. The molecular formula is C20H22S10. The van der Waals surface area contributed by atoms with E-state index in [-0.39, 0.29) is 0 Å². The molecule has 0 saturated carbocycles. The third-order valence-electron chi connectivity index (χ3n) is 4.25. The zero-order valence-electron chi connectivity index (χ0n) is 17.1. The molecule has 0 aliphatic carbocycles. The summed E-state index contributed by atoms with van der Waals surface area (Å²) in [6.07, 6.45) is 2.59. The van der Waals surface area contributed by atoms with Crippen molar-refractivity contribution in [2.45, 2.75) is 40.5 Å². The lowest BCUT2D eigenvalue weighted by atomic mass is 10.4. The van der Waals surface area contributed by atoms with Crippen LogP contribution in [0.1, 0.15) is 40.5 Å². The fourth-order valence-electron chi connectivity index (χ4n) is 2.39. The van der Waals surface area contributed by atoms with Gasteiger partial charge in [0.25, 0.3) is 0 Å². The largest absolute Gasteiger partial charge is 0.118 e. The average molecular weight is 583 g/mol. The zero-order valence-corrected chi connectivity index (χ0v) is 25.2. The van der Waals surface area contributed by atoms with E-state index in [1.807, 2.05) is 118 Å². The summed E-state index contributed by atoms with van der Waals surface area (Å²) in [6.45, 7) is 8.92. The fourth-order valence-corrected chi connectivity index (χ4v) is 15.6. The Morgan fingerprint density at radius 1 is 0.533 bits per heavy atom. The van der Waals surface area contributed by atoms with Gasteiger partial charge in [0.15, 0.2) is 0 Å². The molecule has 0 aromatic carbocycles.